The van der Waals surface area contributed by atoms with Gasteiger partial charge in [0.15, 0.2) is 23.1 Å². The maximum atomic E-state index is 15.0. The Morgan fingerprint density at radius 1 is 1.00 bits per heavy atom. The van der Waals surface area contributed by atoms with Gasteiger partial charge >= 0.3 is 6.03 Å². The van der Waals surface area contributed by atoms with Gasteiger partial charge in [-0.3, -0.25) is 14.7 Å². The molecule has 1 saturated heterocycles. The van der Waals surface area contributed by atoms with Crippen LogP contribution in [0.5, 0.6) is 23.0 Å². The predicted molar refractivity (Wildman–Crippen MR) is 140 cm³/mol. The Morgan fingerprint density at radius 3 is 2.50 bits per heavy atom. The van der Waals surface area contributed by atoms with Gasteiger partial charge in [-0.25, -0.2) is 9.18 Å². The fourth-order valence-corrected chi connectivity index (χ4v) is 4.54. The topological polar surface area (TPSA) is 90.0 Å². The second-order valence-electron chi connectivity index (χ2n) is 8.88. The molecule has 3 aromatic carbocycles. The average Bonchev–Trinajstić information content (AvgIpc) is 3.29. The second-order valence-corrected chi connectivity index (χ2v) is 8.88. The molecule has 194 valence electrons. The highest BCUT2D eigenvalue weighted by atomic mass is 19.1. The number of benzene rings is 3. The highest BCUT2D eigenvalue weighted by Crippen LogP contribution is 2.37. The van der Waals surface area contributed by atoms with E-state index in [1.165, 1.54) is 31.3 Å². The second kappa shape index (κ2) is 10.8. The van der Waals surface area contributed by atoms with E-state index >= 15 is 0 Å². The first-order valence-electron chi connectivity index (χ1n) is 12.1. The van der Waals surface area contributed by atoms with Crippen LogP contribution in [0.3, 0.4) is 0 Å². The molecule has 4 aromatic rings. The normalized spacial score (nSPS) is 15.0. The van der Waals surface area contributed by atoms with Crippen LogP contribution in [0.15, 0.2) is 72.9 Å². The van der Waals surface area contributed by atoms with Crippen molar-refractivity contribution in [3.05, 3.63) is 84.3 Å². The van der Waals surface area contributed by atoms with Gasteiger partial charge in [0.2, 0.25) is 5.91 Å². The molecule has 1 N–H and O–H groups in total. The molecular formula is C29H26FN3O5. The van der Waals surface area contributed by atoms with Gasteiger partial charge in [-0.1, -0.05) is 30.3 Å². The summed E-state index contributed by atoms with van der Waals surface area (Å²) >= 11 is 0. The minimum absolute atomic E-state index is 0.0366. The molecule has 1 fully saturated rings. The Balaban J connectivity index is 1.28. The molecule has 1 aromatic heterocycles. The molecule has 2 heterocycles. The van der Waals surface area contributed by atoms with E-state index < -0.39 is 11.8 Å². The van der Waals surface area contributed by atoms with Crippen LogP contribution in [-0.4, -0.2) is 42.6 Å². The lowest BCUT2D eigenvalue weighted by Crippen LogP contribution is -2.37. The number of carbonyl (C=O) groups is 2. The van der Waals surface area contributed by atoms with Crippen LogP contribution in [0.25, 0.3) is 10.9 Å². The number of carbonyl (C=O) groups excluding carboxylic acids is 2. The average molecular weight is 516 g/mol. The number of urea groups is 1. The number of ether oxygens (including phenoxy) is 3. The van der Waals surface area contributed by atoms with Crippen LogP contribution in [-0.2, 0) is 11.2 Å². The van der Waals surface area contributed by atoms with Crippen molar-refractivity contribution < 1.29 is 28.2 Å². The summed E-state index contributed by atoms with van der Waals surface area (Å²) in [4.78, 5) is 31.1. The molecule has 0 bridgehead atoms. The monoisotopic (exact) mass is 515 g/mol. The first kappa shape index (κ1) is 25.0. The Kier molecular flexibility index (Phi) is 7.08. The minimum atomic E-state index is -0.678. The molecule has 1 aliphatic rings. The highest BCUT2D eigenvalue weighted by Gasteiger charge is 2.35. The van der Waals surface area contributed by atoms with Crippen LogP contribution in [0, 0.1) is 11.7 Å². The molecule has 9 heteroatoms. The van der Waals surface area contributed by atoms with Crippen LogP contribution >= 0.6 is 0 Å². The number of hydrogen-bond donors (Lipinski definition) is 1. The van der Waals surface area contributed by atoms with Crippen molar-refractivity contribution in [3.8, 4) is 23.0 Å². The van der Waals surface area contributed by atoms with Crippen molar-refractivity contribution in [2.75, 3.05) is 26.1 Å². The Morgan fingerprint density at radius 2 is 1.76 bits per heavy atom. The van der Waals surface area contributed by atoms with Gasteiger partial charge < -0.3 is 19.5 Å². The van der Waals surface area contributed by atoms with Crippen molar-refractivity contribution in [1.82, 2.24) is 9.88 Å². The number of nitrogens with one attached hydrogen (secondary N) is 1. The van der Waals surface area contributed by atoms with Gasteiger partial charge in [-0.2, -0.15) is 0 Å². The zero-order valence-corrected chi connectivity index (χ0v) is 20.9. The van der Waals surface area contributed by atoms with E-state index in [0.717, 1.165) is 11.6 Å². The van der Waals surface area contributed by atoms with Crippen LogP contribution in [0.4, 0.5) is 14.9 Å². The molecule has 0 spiro atoms. The number of halogens is 1. The largest absolute Gasteiger partial charge is 0.493 e. The molecule has 1 atom stereocenters. The Bertz CT molecular complexity index is 1490. The fraction of sp³-hybridized carbons (Fsp3) is 0.207. The van der Waals surface area contributed by atoms with Crippen molar-refractivity contribution >= 4 is 28.5 Å². The zero-order valence-electron chi connectivity index (χ0n) is 20.9. The van der Waals surface area contributed by atoms with Crippen molar-refractivity contribution in [2.24, 2.45) is 5.92 Å². The molecule has 0 aliphatic carbocycles. The van der Waals surface area contributed by atoms with Crippen LogP contribution in [0.1, 0.15) is 12.0 Å². The van der Waals surface area contributed by atoms with E-state index in [2.05, 4.69) is 10.3 Å². The SMILES string of the molecule is COc1cc2nccc(Oc3ccc(NC(=O)N4CCC(Cc5ccccc5)C4=O)cc3F)c2cc1OC. The van der Waals surface area contributed by atoms with E-state index in [4.69, 9.17) is 14.2 Å². The lowest BCUT2D eigenvalue weighted by molar-refractivity contribution is -0.128. The smallest absolute Gasteiger partial charge is 0.328 e. The number of aromatic nitrogens is 1. The van der Waals surface area contributed by atoms with Gasteiger partial charge in [-0.05, 0) is 42.7 Å². The maximum Gasteiger partial charge on any atom is 0.328 e. The molecule has 3 amide bonds. The van der Waals surface area contributed by atoms with Crippen molar-refractivity contribution in [2.45, 2.75) is 12.8 Å². The predicted octanol–water partition coefficient (Wildman–Crippen LogP) is 5.81. The summed E-state index contributed by atoms with van der Waals surface area (Å²) in [7, 11) is 3.05. The first-order chi connectivity index (χ1) is 18.5. The highest BCUT2D eigenvalue weighted by molar-refractivity contribution is 6.03. The number of rotatable bonds is 7. The molecule has 38 heavy (non-hydrogen) atoms. The number of pyridine rings is 1. The third kappa shape index (κ3) is 5.08. The quantitative estimate of drug-likeness (QED) is 0.334. The summed E-state index contributed by atoms with van der Waals surface area (Å²) in [5.41, 5.74) is 1.85. The van der Waals surface area contributed by atoms with E-state index in [1.54, 1.807) is 24.4 Å². The maximum absolute atomic E-state index is 15.0. The molecule has 1 unspecified atom stereocenters. The van der Waals surface area contributed by atoms with E-state index in [9.17, 15) is 14.0 Å². The molecule has 1 aliphatic heterocycles. The molecular weight excluding hydrogens is 489 g/mol. The summed E-state index contributed by atoms with van der Waals surface area (Å²) in [6.45, 7) is 0.315. The molecule has 0 radical (unpaired) electrons. The first-order valence-corrected chi connectivity index (χ1v) is 12.1. The van der Waals surface area contributed by atoms with E-state index in [0.29, 0.717) is 47.5 Å². The minimum Gasteiger partial charge on any atom is -0.493 e. The molecule has 8 nitrogen and oxygen atoms in total. The van der Waals surface area contributed by atoms with Gasteiger partial charge in [-0.15, -0.1) is 0 Å². The van der Waals surface area contributed by atoms with Gasteiger partial charge in [0.1, 0.15) is 5.75 Å². The number of imide groups is 1. The Labute approximate surface area is 218 Å². The number of methoxy groups -OCH3 is 2. The lowest BCUT2D eigenvalue weighted by Gasteiger charge is -2.17. The van der Waals surface area contributed by atoms with Crippen molar-refractivity contribution in [3.63, 3.8) is 0 Å². The fourth-order valence-electron chi connectivity index (χ4n) is 4.54. The molecule has 5 rings (SSSR count). The summed E-state index contributed by atoms with van der Waals surface area (Å²) in [6.07, 6.45) is 2.71. The van der Waals surface area contributed by atoms with Gasteiger partial charge in [0.05, 0.1) is 19.7 Å². The summed E-state index contributed by atoms with van der Waals surface area (Å²) in [6, 6.07) is 18.2. The summed E-state index contributed by atoms with van der Waals surface area (Å²) in [5.74, 6) is 0.164. The standard InChI is InChI=1S/C29H26FN3O5/c1-36-26-16-21-23(17-27(26)37-2)31-12-10-24(21)38-25-9-8-20(15-22(25)30)32-29(35)33-13-11-19(28(33)34)14-18-6-4-3-5-7-18/h3-10,12,15-17,19H,11,13-14H2,1-2H3,(H,32,35). The van der Waals surface area contributed by atoms with Crippen LogP contribution < -0.4 is 19.5 Å². The van der Waals surface area contributed by atoms with Gasteiger partial charge in [0, 0.05) is 41.9 Å². The van der Waals surface area contributed by atoms with Crippen molar-refractivity contribution in [1.29, 1.82) is 0 Å². The Hall–Kier alpha value is -4.66. The van der Waals surface area contributed by atoms with E-state index in [-0.39, 0.29) is 23.3 Å². The number of likely N-dealkylation sites (tertiary alicyclic amines) is 1. The number of amides is 3. The number of fused-ring (bicyclic) bond motifs is 1. The van der Waals surface area contributed by atoms with Crippen LogP contribution in [0.2, 0.25) is 0 Å². The third-order valence-electron chi connectivity index (χ3n) is 6.50. The summed E-state index contributed by atoms with van der Waals surface area (Å²) in [5, 5.41) is 3.23. The zero-order chi connectivity index (χ0) is 26.6. The lowest BCUT2D eigenvalue weighted by atomic mass is 9.98. The number of hydrogen-bond acceptors (Lipinski definition) is 6. The third-order valence-corrected chi connectivity index (χ3v) is 6.50. The summed E-state index contributed by atoms with van der Waals surface area (Å²) < 4.78 is 31.5. The molecule has 0 saturated carbocycles. The van der Waals surface area contributed by atoms with E-state index in [1.807, 2.05) is 30.3 Å². The number of nitrogens with zero attached hydrogens (tertiary/aromatic N) is 2. The van der Waals surface area contributed by atoms with Gasteiger partial charge in [0.25, 0.3) is 0 Å². The number of anilines is 1.